The molecule has 0 amide bonds. The van der Waals surface area contributed by atoms with Gasteiger partial charge in [0.1, 0.15) is 0 Å². The van der Waals surface area contributed by atoms with Gasteiger partial charge in [0, 0.05) is 42.6 Å². The summed E-state index contributed by atoms with van der Waals surface area (Å²) in [4.78, 5) is 0. The highest BCUT2D eigenvalue weighted by Gasteiger charge is 2.19. The molecule has 0 N–H and O–H groups in total. The zero-order valence-corrected chi connectivity index (χ0v) is 37.5. The molecule has 0 aromatic heterocycles. The molecule has 0 saturated carbocycles. The molecule has 0 aliphatic rings. The highest BCUT2D eigenvalue weighted by Crippen LogP contribution is 2.44. The first kappa shape index (κ1) is 37.2. The lowest BCUT2D eigenvalue weighted by Crippen LogP contribution is -1.97. The molecule has 0 fully saturated rings. The quantitative estimate of drug-likeness (QED) is 0.109. The van der Waals surface area contributed by atoms with Crippen LogP contribution in [0.3, 0.4) is 0 Å². The fraction of sp³-hybridized carbons (Fsp3) is 0.211. The maximum absolute atomic E-state index is 3.74. The van der Waals surface area contributed by atoms with Gasteiger partial charge in [-0.2, -0.15) is 0 Å². The van der Waals surface area contributed by atoms with Crippen molar-refractivity contribution in [2.24, 2.45) is 0 Å². The highest BCUT2D eigenvalue weighted by molar-refractivity contribution is 9.09. The Balaban J connectivity index is 1.95. The van der Waals surface area contributed by atoms with Crippen LogP contribution in [0.15, 0.2) is 84.9 Å². The third-order valence-corrected chi connectivity index (χ3v) is 13.0. The van der Waals surface area contributed by atoms with Gasteiger partial charge in [-0.15, -0.1) is 0 Å². The third kappa shape index (κ3) is 8.80. The Kier molecular flexibility index (Phi) is 14.3. The summed E-state index contributed by atoms with van der Waals surface area (Å²) in [6.45, 7) is 0. The van der Waals surface area contributed by atoms with Gasteiger partial charge in [0.25, 0.3) is 0 Å². The summed E-state index contributed by atoms with van der Waals surface area (Å²) in [6.07, 6.45) is 0. The normalized spacial score (nSPS) is 11.3. The molecular weight excluding hydrogens is 1100 g/mol. The molecule has 0 nitrogen and oxygen atoms in total. The van der Waals surface area contributed by atoms with Gasteiger partial charge in [0.2, 0.25) is 0 Å². The van der Waals surface area contributed by atoms with E-state index in [9.17, 15) is 0 Å². The third-order valence-electron chi connectivity index (χ3n) is 7.85. The fourth-order valence-electron chi connectivity index (χ4n) is 5.84. The van der Waals surface area contributed by atoms with Crippen molar-refractivity contribution in [3.63, 3.8) is 0 Å². The number of halogens is 8. The average molecular weight is 1130 g/mol. The fourth-order valence-corrected chi connectivity index (χ4v) is 8.43. The van der Waals surface area contributed by atoms with Gasteiger partial charge in [-0.05, 0) is 101 Å². The molecule has 0 heterocycles. The molecule has 238 valence electrons. The summed E-state index contributed by atoms with van der Waals surface area (Å²) in [7, 11) is 0. The Morgan fingerprint density at radius 3 is 0.500 bits per heavy atom. The minimum atomic E-state index is 0.796. The molecule has 0 aliphatic heterocycles. The molecular formula is C38H30Br8. The highest BCUT2D eigenvalue weighted by atomic mass is 79.9. The second-order valence-electron chi connectivity index (χ2n) is 11.2. The molecule has 0 spiro atoms. The second kappa shape index (κ2) is 17.7. The number of benzene rings is 5. The minimum Gasteiger partial charge on any atom is -0.0876 e. The van der Waals surface area contributed by atoms with Crippen molar-refractivity contribution in [3.05, 3.63) is 129 Å². The molecule has 0 unspecified atom stereocenters. The summed E-state index contributed by atoms with van der Waals surface area (Å²) >= 11 is 29.9. The number of alkyl halides is 8. The molecule has 5 aromatic carbocycles. The Morgan fingerprint density at radius 1 is 0.217 bits per heavy atom. The van der Waals surface area contributed by atoms with E-state index in [-0.39, 0.29) is 0 Å². The molecule has 0 bridgehead atoms. The van der Waals surface area contributed by atoms with E-state index >= 15 is 0 Å². The molecule has 0 radical (unpaired) electrons. The largest absolute Gasteiger partial charge is 0.0876 e. The van der Waals surface area contributed by atoms with Crippen LogP contribution in [0.2, 0.25) is 0 Å². The van der Waals surface area contributed by atoms with Crippen molar-refractivity contribution in [1.82, 2.24) is 0 Å². The van der Waals surface area contributed by atoms with Crippen LogP contribution < -0.4 is 0 Å². The second-order valence-corrected chi connectivity index (χ2v) is 15.7. The van der Waals surface area contributed by atoms with E-state index in [4.69, 9.17) is 0 Å². The Labute approximate surface area is 340 Å². The van der Waals surface area contributed by atoms with Crippen LogP contribution in [-0.4, -0.2) is 0 Å². The van der Waals surface area contributed by atoms with E-state index in [1.54, 1.807) is 0 Å². The molecule has 0 saturated heterocycles. The zero-order valence-electron chi connectivity index (χ0n) is 24.8. The van der Waals surface area contributed by atoms with Crippen LogP contribution in [-0.2, 0) is 42.6 Å². The lowest BCUT2D eigenvalue weighted by atomic mass is 9.83. The number of rotatable bonds is 12. The van der Waals surface area contributed by atoms with Crippen LogP contribution in [0.4, 0.5) is 0 Å². The maximum atomic E-state index is 3.74. The van der Waals surface area contributed by atoms with Crippen LogP contribution in [0.1, 0.15) is 44.5 Å². The van der Waals surface area contributed by atoms with Gasteiger partial charge in [0.15, 0.2) is 0 Å². The van der Waals surface area contributed by atoms with Crippen molar-refractivity contribution >= 4 is 127 Å². The van der Waals surface area contributed by atoms with Gasteiger partial charge >= 0.3 is 0 Å². The van der Waals surface area contributed by atoms with E-state index in [1.165, 1.54) is 89.0 Å². The zero-order chi connectivity index (χ0) is 32.8. The standard InChI is InChI=1S/C38H30Br8/c39-15-23-1-24(16-40)6-31(5-23)35-13-37(33-9-27(19-43)3-28(10-33)20-44)38(34-11-29(21-45)4-30(12-34)22-46)14-36(35)32-7-25(17-41)2-26(8-32)18-42/h1-14H,15-22H2. The van der Waals surface area contributed by atoms with Crippen LogP contribution >= 0.6 is 127 Å². The van der Waals surface area contributed by atoms with Crippen LogP contribution in [0.5, 0.6) is 0 Å². The number of hydrogen-bond acceptors (Lipinski definition) is 0. The summed E-state index contributed by atoms with van der Waals surface area (Å²) < 4.78 is 0. The monoisotopic (exact) mass is 1120 g/mol. The van der Waals surface area contributed by atoms with E-state index in [2.05, 4.69) is 212 Å². The van der Waals surface area contributed by atoms with E-state index in [0.717, 1.165) is 42.6 Å². The van der Waals surface area contributed by atoms with Crippen molar-refractivity contribution in [3.8, 4) is 44.5 Å². The minimum absolute atomic E-state index is 0.796. The van der Waals surface area contributed by atoms with Gasteiger partial charge in [-0.25, -0.2) is 0 Å². The van der Waals surface area contributed by atoms with Crippen LogP contribution in [0, 0.1) is 0 Å². The first-order valence-electron chi connectivity index (χ1n) is 14.5. The van der Waals surface area contributed by atoms with Gasteiger partial charge in [-0.3, -0.25) is 0 Å². The summed E-state index contributed by atoms with van der Waals surface area (Å²) in [6, 6.07) is 32.6. The predicted octanol–water partition coefficient (Wildman–Crippen LogP) is 15.5. The van der Waals surface area contributed by atoms with E-state index in [1.807, 2.05) is 0 Å². The summed E-state index contributed by atoms with van der Waals surface area (Å²) in [5.41, 5.74) is 19.8. The SMILES string of the molecule is BrCc1cc(CBr)cc(-c2cc(-c3cc(CBr)cc(CBr)c3)c(-c3cc(CBr)cc(CBr)c3)cc2-c2cc(CBr)cc(CBr)c2)c1. The molecule has 0 aliphatic carbocycles. The smallest absolute Gasteiger partial charge is 0.0283 e. The Hall–Kier alpha value is -0.0600. The van der Waals surface area contributed by atoms with Gasteiger partial charge < -0.3 is 0 Å². The summed E-state index contributed by atoms with van der Waals surface area (Å²) in [5, 5.41) is 6.37. The van der Waals surface area contributed by atoms with Crippen molar-refractivity contribution < 1.29 is 0 Å². The van der Waals surface area contributed by atoms with E-state index < -0.39 is 0 Å². The number of hydrogen-bond donors (Lipinski definition) is 0. The average Bonchev–Trinajstić information content (AvgIpc) is 3.12. The first-order chi connectivity index (χ1) is 22.4. The maximum Gasteiger partial charge on any atom is 0.0283 e. The van der Waals surface area contributed by atoms with Gasteiger partial charge in [0.05, 0.1) is 0 Å². The van der Waals surface area contributed by atoms with Crippen molar-refractivity contribution in [2.45, 2.75) is 42.6 Å². The first-order valence-corrected chi connectivity index (χ1v) is 23.5. The topological polar surface area (TPSA) is 0 Å². The summed E-state index contributed by atoms with van der Waals surface area (Å²) in [5.74, 6) is 0. The molecule has 8 heteroatoms. The Bertz CT molecular complexity index is 1490. The predicted molar refractivity (Wildman–Crippen MR) is 229 cm³/mol. The van der Waals surface area contributed by atoms with Gasteiger partial charge in [-0.1, -0.05) is 200 Å². The lowest BCUT2D eigenvalue weighted by Gasteiger charge is -2.21. The molecule has 46 heavy (non-hydrogen) atoms. The molecule has 5 aromatic rings. The van der Waals surface area contributed by atoms with Crippen molar-refractivity contribution in [2.75, 3.05) is 0 Å². The van der Waals surface area contributed by atoms with Crippen LogP contribution in [0.25, 0.3) is 44.5 Å². The molecule has 5 rings (SSSR count). The Morgan fingerprint density at radius 2 is 0.370 bits per heavy atom. The molecule has 0 atom stereocenters. The van der Waals surface area contributed by atoms with E-state index in [0.29, 0.717) is 0 Å². The van der Waals surface area contributed by atoms with Crippen molar-refractivity contribution in [1.29, 1.82) is 0 Å². The lowest BCUT2D eigenvalue weighted by molar-refractivity contribution is 1.33.